The molecule has 0 aliphatic heterocycles. The lowest BCUT2D eigenvalue weighted by molar-refractivity contribution is 0.0785. The molecule has 0 bridgehead atoms. The molecule has 0 fully saturated rings. The van der Waals surface area contributed by atoms with Gasteiger partial charge < -0.3 is 4.90 Å². The number of nitrogens with zero attached hydrogens (tertiary/aromatic N) is 3. The van der Waals surface area contributed by atoms with E-state index >= 15 is 0 Å². The fourth-order valence-corrected chi connectivity index (χ4v) is 3.41. The Labute approximate surface area is 164 Å². The molecule has 0 unspecified atom stereocenters. The second-order valence-electron chi connectivity index (χ2n) is 6.69. The van der Waals surface area contributed by atoms with Crippen molar-refractivity contribution in [3.63, 3.8) is 0 Å². The van der Waals surface area contributed by atoms with Crippen LogP contribution in [0.1, 0.15) is 21.5 Å². The predicted octanol–water partition coefficient (Wildman–Crippen LogP) is 2.82. The van der Waals surface area contributed by atoms with Crippen LogP contribution >= 0.6 is 0 Å². The van der Waals surface area contributed by atoms with E-state index in [4.69, 9.17) is 0 Å². The second-order valence-corrected chi connectivity index (χ2v) is 8.44. The van der Waals surface area contributed by atoms with Crippen LogP contribution in [0.5, 0.6) is 0 Å². The Kier molecular flexibility index (Phi) is 5.51. The van der Waals surface area contributed by atoms with Crippen LogP contribution in [0, 0.1) is 6.92 Å². The summed E-state index contributed by atoms with van der Waals surface area (Å²) in [5, 5.41) is 4.34. The van der Waals surface area contributed by atoms with Crippen LogP contribution in [0.15, 0.2) is 60.9 Å². The van der Waals surface area contributed by atoms with E-state index in [1.165, 1.54) is 0 Å². The highest BCUT2D eigenvalue weighted by Crippen LogP contribution is 2.19. The Morgan fingerprint density at radius 3 is 2.57 bits per heavy atom. The van der Waals surface area contributed by atoms with Crippen LogP contribution in [-0.4, -0.2) is 42.3 Å². The number of carbonyl (C=O) groups excluding carboxylic acids is 1. The summed E-state index contributed by atoms with van der Waals surface area (Å²) in [7, 11) is -1.72. The number of sulfonamides is 1. The van der Waals surface area contributed by atoms with Gasteiger partial charge in [0.15, 0.2) is 0 Å². The van der Waals surface area contributed by atoms with Crippen LogP contribution < -0.4 is 4.72 Å². The molecule has 1 heterocycles. The SMILES string of the molecule is Cc1ccc(C(=O)N(C)Cc2cnn(-c3ccccc3)c2)cc1NS(C)(=O)=O. The van der Waals surface area contributed by atoms with Gasteiger partial charge in [0.1, 0.15) is 0 Å². The summed E-state index contributed by atoms with van der Waals surface area (Å²) in [6.07, 6.45) is 4.69. The Morgan fingerprint density at radius 2 is 1.89 bits per heavy atom. The van der Waals surface area contributed by atoms with Gasteiger partial charge in [-0.15, -0.1) is 0 Å². The van der Waals surface area contributed by atoms with Crippen molar-refractivity contribution in [2.45, 2.75) is 13.5 Å². The number of benzene rings is 2. The monoisotopic (exact) mass is 398 g/mol. The van der Waals surface area contributed by atoms with Crippen molar-refractivity contribution < 1.29 is 13.2 Å². The first-order valence-corrected chi connectivity index (χ1v) is 10.5. The molecule has 0 radical (unpaired) electrons. The van der Waals surface area contributed by atoms with E-state index in [-0.39, 0.29) is 5.91 Å². The van der Waals surface area contributed by atoms with Gasteiger partial charge in [0.25, 0.3) is 5.91 Å². The van der Waals surface area contributed by atoms with Crippen LogP contribution in [-0.2, 0) is 16.6 Å². The van der Waals surface area contributed by atoms with E-state index in [0.29, 0.717) is 17.8 Å². The van der Waals surface area contributed by atoms with Crippen LogP contribution in [0.25, 0.3) is 5.69 Å². The number of carbonyl (C=O) groups is 1. The summed E-state index contributed by atoms with van der Waals surface area (Å²) in [6, 6.07) is 14.7. The first-order valence-electron chi connectivity index (χ1n) is 8.66. The fourth-order valence-electron chi connectivity index (χ4n) is 2.79. The number of nitrogens with one attached hydrogen (secondary N) is 1. The van der Waals surface area contributed by atoms with Crippen LogP contribution in [0.4, 0.5) is 5.69 Å². The van der Waals surface area contributed by atoms with E-state index < -0.39 is 10.0 Å². The van der Waals surface area contributed by atoms with Gasteiger partial charge in [0.05, 0.1) is 23.8 Å². The molecule has 1 N–H and O–H groups in total. The van der Waals surface area contributed by atoms with E-state index in [9.17, 15) is 13.2 Å². The molecule has 0 atom stereocenters. The zero-order valence-electron chi connectivity index (χ0n) is 16.0. The largest absolute Gasteiger partial charge is 0.337 e. The summed E-state index contributed by atoms with van der Waals surface area (Å²) < 4.78 is 27.2. The van der Waals surface area contributed by atoms with Crippen LogP contribution in [0.3, 0.4) is 0 Å². The lowest BCUT2D eigenvalue weighted by Gasteiger charge is -2.17. The lowest BCUT2D eigenvalue weighted by Crippen LogP contribution is -2.26. The minimum atomic E-state index is -3.42. The molecule has 7 nitrogen and oxygen atoms in total. The van der Waals surface area contributed by atoms with Crippen molar-refractivity contribution in [1.82, 2.24) is 14.7 Å². The van der Waals surface area contributed by atoms with E-state index in [0.717, 1.165) is 23.1 Å². The molecule has 3 aromatic rings. The number of hydrogen-bond donors (Lipinski definition) is 1. The number of para-hydroxylation sites is 1. The van der Waals surface area contributed by atoms with Gasteiger partial charge in [-0.1, -0.05) is 24.3 Å². The molecule has 1 amide bonds. The zero-order valence-corrected chi connectivity index (χ0v) is 16.8. The molecular weight excluding hydrogens is 376 g/mol. The summed E-state index contributed by atoms with van der Waals surface area (Å²) in [5.74, 6) is -0.205. The Hall–Kier alpha value is -3.13. The summed E-state index contributed by atoms with van der Waals surface area (Å²) in [4.78, 5) is 14.3. The maximum absolute atomic E-state index is 12.8. The van der Waals surface area contributed by atoms with Gasteiger partial charge in [-0.05, 0) is 36.8 Å². The summed E-state index contributed by atoms with van der Waals surface area (Å²) >= 11 is 0. The standard InChI is InChI=1S/C20H22N4O3S/c1-15-9-10-17(11-19(15)22-28(3,26)27)20(25)23(2)13-16-12-21-24(14-16)18-7-5-4-6-8-18/h4-12,14,22H,13H2,1-3H3. The molecule has 0 aliphatic rings. The molecular formula is C20H22N4O3S. The molecule has 3 rings (SSSR count). The van der Waals surface area contributed by atoms with Crippen molar-refractivity contribution >= 4 is 21.6 Å². The van der Waals surface area contributed by atoms with Gasteiger partial charge in [0, 0.05) is 30.9 Å². The number of rotatable bonds is 6. The molecule has 2 aromatic carbocycles. The smallest absolute Gasteiger partial charge is 0.253 e. The third-order valence-corrected chi connectivity index (χ3v) is 4.79. The molecule has 28 heavy (non-hydrogen) atoms. The predicted molar refractivity (Wildman–Crippen MR) is 109 cm³/mol. The van der Waals surface area contributed by atoms with Gasteiger partial charge in [-0.2, -0.15) is 5.10 Å². The number of aryl methyl sites for hydroxylation is 1. The summed E-state index contributed by atoms with van der Waals surface area (Å²) in [5.41, 5.74) is 3.39. The van der Waals surface area contributed by atoms with Crippen LogP contribution in [0.2, 0.25) is 0 Å². The second kappa shape index (κ2) is 7.85. The molecule has 1 aromatic heterocycles. The zero-order chi connectivity index (χ0) is 20.3. The van der Waals surface area contributed by atoms with Gasteiger partial charge in [-0.3, -0.25) is 9.52 Å². The molecule has 0 aliphatic carbocycles. The number of amides is 1. The molecule has 0 spiro atoms. The Morgan fingerprint density at radius 1 is 1.18 bits per heavy atom. The van der Waals surface area contributed by atoms with Crippen molar-refractivity contribution in [3.8, 4) is 5.69 Å². The minimum Gasteiger partial charge on any atom is -0.337 e. The summed E-state index contributed by atoms with van der Waals surface area (Å²) in [6.45, 7) is 2.16. The average molecular weight is 398 g/mol. The molecule has 146 valence electrons. The van der Waals surface area contributed by atoms with Gasteiger partial charge in [0.2, 0.25) is 10.0 Å². The maximum Gasteiger partial charge on any atom is 0.253 e. The normalized spacial score (nSPS) is 11.2. The molecule has 0 saturated carbocycles. The minimum absolute atomic E-state index is 0.205. The third kappa shape index (κ3) is 4.77. The van der Waals surface area contributed by atoms with E-state index in [1.807, 2.05) is 36.5 Å². The highest BCUT2D eigenvalue weighted by Gasteiger charge is 2.15. The van der Waals surface area contributed by atoms with Crippen molar-refractivity contribution in [2.75, 3.05) is 18.0 Å². The van der Waals surface area contributed by atoms with E-state index in [1.54, 1.807) is 47.9 Å². The molecule has 0 saturated heterocycles. The topological polar surface area (TPSA) is 84.3 Å². The first-order chi connectivity index (χ1) is 13.2. The third-order valence-electron chi connectivity index (χ3n) is 4.20. The number of anilines is 1. The van der Waals surface area contributed by atoms with Gasteiger partial charge >= 0.3 is 0 Å². The Bertz CT molecular complexity index is 1090. The fraction of sp³-hybridized carbons (Fsp3) is 0.200. The quantitative estimate of drug-likeness (QED) is 0.692. The lowest BCUT2D eigenvalue weighted by atomic mass is 10.1. The van der Waals surface area contributed by atoms with E-state index in [2.05, 4.69) is 9.82 Å². The Balaban J connectivity index is 1.75. The first kappa shape index (κ1) is 19.6. The van der Waals surface area contributed by atoms with Gasteiger partial charge in [-0.25, -0.2) is 13.1 Å². The van der Waals surface area contributed by atoms with Crippen molar-refractivity contribution in [3.05, 3.63) is 77.6 Å². The highest BCUT2D eigenvalue weighted by atomic mass is 32.2. The van der Waals surface area contributed by atoms with Crippen molar-refractivity contribution in [1.29, 1.82) is 0 Å². The molecule has 8 heteroatoms. The number of hydrogen-bond acceptors (Lipinski definition) is 4. The number of aromatic nitrogens is 2. The van der Waals surface area contributed by atoms with Crippen molar-refractivity contribution in [2.24, 2.45) is 0 Å². The highest BCUT2D eigenvalue weighted by molar-refractivity contribution is 7.92. The maximum atomic E-state index is 12.8. The average Bonchev–Trinajstić information content (AvgIpc) is 3.11.